The third-order valence-electron chi connectivity index (χ3n) is 3.63. The van der Waals surface area contributed by atoms with E-state index in [1.165, 1.54) is 36.4 Å². The molecule has 2 aromatic carbocycles. The van der Waals surface area contributed by atoms with Gasteiger partial charge in [-0.25, -0.2) is 4.39 Å². The number of nitrogens with zero attached hydrogens (tertiary/aromatic N) is 2. The van der Waals surface area contributed by atoms with Gasteiger partial charge in [0.1, 0.15) is 22.4 Å². The molecular weight excluding hydrogens is 359 g/mol. The van der Waals surface area contributed by atoms with Crippen molar-refractivity contribution in [3.8, 4) is 17.4 Å². The second-order valence-corrected chi connectivity index (χ2v) is 5.68. The number of benzene rings is 2. The van der Waals surface area contributed by atoms with Crippen molar-refractivity contribution in [1.82, 2.24) is 0 Å². The standard InChI is InChI=1S/C19H10ClFN2O3/c20-16-7-5-12(10-18(16)23(24)25)19-8-6-14(26-19)9-13(11-22)15-3-1-2-4-17(15)21/h1-10H/b13-9+. The molecule has 0 amide bonds. The first-order valence-electron chi connectivity index (χ1n) is 7.40. The van der Waals surface area contributed by atoms with Crippen LogP contribution in [0.15, 0.2) is 59.0 Å². The quantitative estimate of drug-likeness (QED) is 0.335. The van der Waals surface area contributed by atoms with E-state index in [2.05, 4.69) is 0 Å². The zero-order valence-corrected chi connectivity index (χ0v) is 13.9. The van der Waals surface area contributed by atoms with Crippen LogP contribution >= 0.6 is 11.6 Å². The Labute approximate surface area is 152 Å². The van der Waals surface area contributed by atoms with Gasteiger partial charge < -0.3 is 4.42 Å². The molecule has 3 aromatic rings. The van der Waals surface area contributed by atoms with Gasteiger partial charge in [0, 0.05) is 17.2 Å². The molecule has 128 valence electrons. The molecular formula is C19H10ClFN2O3. The summed E-state index contributed by atoms with van der Waals surface area (Å²) in [7, 11) is 0. The third kappa shape index (κ3) is 3.48. The zero-order valence-electron chi connectivity index (χ0n) is 13.1. The average molecular weight is 369 g/mol. The highest BCUT2D eigenvalue weighted by molar-refractivity contribution is 6.32. The van der Waals surface area contributed by atoms with Gasteiger partial charge in [-0.15, -0.1) is 0 Å². The second kappa shape index (κ2) is 7.21. The third-order valence-corrected chi connectivity index (χ3v) is 3.94. The summed E-state index contributed by atoms with van der Waals surface area (Å²) in [5.41, 5.74) is 0.494. The monoisotopic (exact) mass is 368 g/mol. The van der Waals surface area contributed by atoms with Crippen LogP contribution in [0.25, 0.3) is 23.0 Å². The molecule has 0 aliphatic heterocycles. The van der Waals surface area contributed by atoms with Gasteiger partial charge in [0.05, 0.1) is 16.6 Å². The van der Waals surface area contributed by atoms with Crippen molar-refractivity contribution in [2.45, 2.75) is 0 Å². The maximum atomic E-state index is 13.9. The number of nitriles is 1. The summed E-state index contributed by atoms with van der Waals surface area (Å²) >= 11 is 5.80. The molecule has 0 radical (unpaired) electrons. The smallest absolute Gasteiger partial charge is 0.288 e. The Morgan fingerprint density at radius 3 is 2.69 bits per heavy atom. The lowest BCUT2D eigenvalue weighted by atomic mass is 10.1. The first-order valence-corrected chi connectivity index (χ1v) is 7.78. The predicted octanol–water partition coefficient (Wildman–Crippen LogP) is 5.71. The number of nitro benzene ring substituents is 1. The largest absolute Gasteiger partial charge is 0.457 e. The molecule has 26 heavy (non-hydrogen) atoms. The molecule has 1 aromatic heterocycles. The molecule has 0 aliphatic carbocycles. The lowest BCUT2D eigenvalue weighted by Gasteiger charge is -2.01. The van der Waals surface area contributed by atoms with Gasteiger partial charge in [0.25, 0.3) is 5.69 Å². The summed E-state index contributed by atoms with van der Waals surface area (Å²) in [5, 5.41) is 20.3. The van der Waals surface area contributed by atoms with Gasteiger partial charge in [0.2, 0.25) is 0 Å². The van der Waals surface area contributed by atoms with Crippen molar-refractivity contribution in [1.29, 1.82) is 5.26 Å². The molecule has 5 nitrogen and oxygen atoms in total. The van der Waals surface area contributed by atoms with Crippen LogP contribution in [0, 0.1) is 27.3 Å². The fraction of sp³-hybridized carbons (Fsp3) is 0. The normalized spacial score (nSPS) is 11.2. The van der Waals surface area contributed by atoms with Crippen molar-refractivity contribution in [2.24, 2.45) is 0 Å². The van der Waals surface area contributed by atoms with E-state index in [0.717, 1.165) is 0 Å². The van der Waals surface area contributed by atoms with E-state index in [-0.39, 0.29) is 21.8 Å². The highest BCUT2D eigenvalue weighted by atomic mass is 35.5. The summed E-state index contributed by atoms with van der Waals surface area (Å²) < 4.78 is 19.5. The van der Waals surface area contributed by atoms with E-state index in [1.54, 1.807) is 24.3 Å². The van der Waals surface area contributed by atoms with Crippen LogP contribution in [0.3, 0.4) is 0 Å². The van der Waals surface area contributed by atoms with Gasteiger partial charge in [-0.3, -0.25) is 10.1 Å². The second-order valence-electron chi connectivity index (χ2n) is 5.27. The van der Waals surface area contributed by atoms with Crippen LogP contribution in [0.5, 0.6) is 0 Å². The number of halogens is 2. The fourth-order valence-corrected chi connectivity index (χ4v) is 2.57. The van der Waals surface area contributed by atoms with Crippen LogP contribution in [0.1, 0.15) is 11.3 Å². The zero-order chi connectivity index (χ0) is 18.7. The van der Waals surface area contributed by atoms with E-state index >= 15 is 0 Å². The molecule has 7 heteroatoms. The highest BCUT2D eigenvalue weighted by Gasteiger charge is 2.15. The maximum absolute atomic E-state index is 13.9. The molecule has 0 fully saturated rings. The molecule has 0 atom stereocenters. The van der Waals surface area contributed by atoms with E-state index in [4.69, 9.17) is 16.0 Å². The minimum Gasteiger partial charge on any atom is -0.457 e. The maximum Gasteiger partial charge on any atom is 0.288 e. The Hall–Kier alpha value is -3.43. The molecule has 0 unspecified atom stereocenters. The Bertz CT molecular complexity index is 1070. The van der Waals surface area contributed by atoms with Crippen LogP contribution in [-0.4, -0.2) is 4.92 Å². The minimum atomic E-state index is -0.582. The molecule has 0 N–H and O–H groups in total. The SMILES string of the molecule is N#C/C(=C\c1ccc(-c2ccc(Cl)c([N+](=O)[O-])c2)o1)c1ccccc1F. The summed E-state index contributed by atoms with van der Waals surface area (Å²) in [4.78, 5) is 10.4. The van der Waals surface area contributed by atoms with Gasteiger partial charge in [0.15, 0.2) is 0 Å². The Kier molecular flexibility index (Phi) is 4.83. The van der Waals surface area contributed by atoms with Crippen molar-refractivity contribution < 1.29 is 13.7 Å². The summed E-state index contributed by atoms with van der Waals surface area (Å²) in [5.74, 6) is 0.166. The molecule has 3 rings (SSSR count). The number of nitro groups is 1. The first-order chi connectivity index (χ1) is 12.5. The average Bonchev–Trinajstić information content (AvgIpc) is 3.09. The molecule has 0 bridgehead atoms. The van der Waals surface area contributed by atoms with Gasteiger partial charge >= 0.3 is 0 Å². The molecule has 0 saturated heterocycles. The number of furan rings is 1. The van der Waals surface area contributed by atoms with Crippen LogP contribution in [0.4, 0.5) is 10.1 Å². The summed E-state index contributed by atoms with van der Waals surface area (Å²) in [6.45, 7) is 0. The van der Waals surface area contributed by atoms with E-state index in [9.17, 15) is 19.8 Å². The van der Waals surface area contributed by atoms with E-state index in [0.29, 0.717) is 17.1 Å². The number of hydrogen-bond acceptors (Lipinski definition) is 4. The highest BCUT2D eigenvalue weighted by Crippen LogP contribution is 2.32. The molecule has 0 spiro atoms. The van der Waals surface area contributed by atoms with Crippen molar-refractivity contribution in [2.75, 3.05) is 0 Å². The molecule has 0 aliphatic rings. The van der Waals surface area contributed by atoms with Gasteiger partial charge in [-0.05, 0) is 36.4 Å². The Balaban J connectivity index is 1.98. The Morgan fingerprint density at radius 2 is 2.00 bits per heavy atom. The summed E-state index contributed by atoms with van der Waals surface area (Å²) in [6.07, 6.45) is 1.41. The molecule has 1 heterocycles. The lowest BCUT2D eigenvalue weighted by molar-refractivity contribution is -0.384. The number of hydrogen-bond donors (Lipinski definition) is 0. The summed E-state index contributed by atoms with van der Waals surface area (Å²) in [6, 6.07) is 15.4. The lowest BCUT2D eigenvalue weighted by Crippen LogP contribution is -1.89. The molecule has 0 saturated carbocycles. The van der Waals surface area contributed by atoms with E-state index < -0.39 is 10.7 Å². The van der Waals surface area contributed by atoms with Crippen molar-refractivity contribution >= 4 is 28.9 Å². The van der Waals surface area contributed by atoms with Gasteiger partial charge in [-0.1, -0.05) is 29.8 Å². The predicted molar refractivity (Wildman–Crippen MR) is 95.7 cm³/mol. The topological polar surface area (TPSA) is 80.1 Å². The minimum absolute atomic E-state index is 0.0248. The van der Waals surface area contributed by atoms with E-state index in [1.807, 2.05) is 6.07 Å². The first kappa shape index (κ1) is 17.4. The number of rotatable bonds is 4. The fourth-order valence-electron chi connectivity index (χ4n) is 2.38. The Morgan fingerprint density at radius 1 is 1.23 bits per heavy atom. The van der Waals surface area contributed by atoms with Crippen LogP contribution < -0.4 is 0 Å². The van der Waals surface area contributed by atoms with Crippen molar-refractivity contribution in [3.05, 3.63) is 86.9 Å². The van der Waals surface area contributed by atoms with Crippen LogP contribution in [0.2, 0.25) is 5.02 Å². The van der Waals surface area contributed by atoms with Crippen LogP contribution in [-0.2, 0) is 0 Å². The van der Waals surface area contributed by atoms with Gasteiger partial charge in [-0.2, -0.15) is 5.26 Å². The number of allylic oxidation sites excluding steroid dienone is 1. The van der Waals surface area contributed by atoms with Crippen molar-refractivity contribution in [3.63, 3.8) is 0 Å².